The van der Waals surface area contributed by atoms with Crippen molar-refractivity contribution in [3.05, 3.63) is 0 Å². The van der Waals surface area contributed by atoms with Gasteiger partial charge in [-0.1, -0.05) is 27.7 Å². The molecule has 10 heteroatoms. The molecule has 0 bridgehead atoms. The van der Waals surface area contributed by atoms with Crippen LogP contribution >= 0.6 is 0 Å². The largest absolute Gasteiger partial charge is 0.550 e. The Labute approximate surface area is 170 Å². The molecule has 6 N–H and O–H groups in total. The molecule has 0 heterocycles. The van der Waals surface area contributed by atoms with Gasteiger partial charge in [-0.15, -0.1) is 0 Å². The number of ketones is 1. The lowest BCUT2D eigenvalue weighted by Gasteiger charge is -2.19. The molecule has 0 radical (unpaired) electrons. The Kier molecular flexibility index (Phi) is 10.2. The van der Waals surface area contributed by atoms with Gasteiger partial charge in [-0.2, -0.15) is 0 Å². The van der Waals surface area contributed by atoms with Crippen molar-refractivity contribution < 1.29 is 53.7 Å². The maximum absolute atomic E-state index is 10.5. The minimum atomic E-state index is -2.12. The van der Waals surface area contributed by atoms with Crippen LogP contribution in [-0.4, -0.2) is 41.9 Å². The second kappa shape index (κ2) is 15.2. The number of hydrogen-bond acceptors (Lipinski definition) is 10. The van der Waals surface area contributed by atoms with E-state index in [-0.39, 0.29) is 23.3 Å². The lowest BCUT2D eigenvalue weighted by Crippen LogP contribution is -2.50. The minimum Gasteiger partial charge on any atom is -0.550 e. The van der Waals surface area contributed by atoms with Gasteiger partial charge in [-0.25, -0.2) is 0 Å². The molecule has 0 aromatic rings. The molecule has 4 atom stereocenters. The van der Waals surface area contributed by atoms with Gasteiger partial charge in [-0.05, 0) is 38.5 Å². The van der Waals surface area contributed by atoms with Crippen molar-refractivity contribution >= 4 is 23.7 Å². The van der Waals surface area contributed by atoms with Crippen LogP contribution in [-0.2, 0) is 19.2 Å². The van der Waals surface area contributed by atoms with Gasteiger partial charge in [0.05, 0.1) is 11.9 Å². The molecule has 0 aliphatic carbocycles. The van der Waals surface area contributed by atoms with Crippen LogP contribution in [0.1, 0.15) is 62.8 Å². The van der Waals surface area contributed by atoms with E-state index in [0.717, 1.165) is 13.8 Å². The Bertz CT molecular complexity index is 583. The van der Waals surface area contributed by atoms with Gasteiger partial charge in [0.15, 0.2) is 11.4 Å². The van der Waals surface area contributed by atoms with Crippen molar-refractivity contribution in [1.29, 1.82) is 1.43 Å². The number of Topliss-reactive ketones (excluding diaryl/α,β-unsaturated/α-hetero) is 1. The summed E-state index contributed by atoms with van der Waals surface area (Å²) in [5.41, 5.74) is -1.97. The highest BCUT2D eigenvalue weighted by atomic mass is 16.4. The van der Waals surface area contributed by atoms with E-state index in [1.54, 1.807) is 27.7 Å². The van der Waals surface area contributed by atoms with Gasteiger partial charge in [0.25, 0.3) is 0 Å². The van der Waals surface area contributed by atoms with Crippen molar-refractivity contribution in [3.8, 4) is 0 Å². The fourth-order valence-corrected chi connectivity index (χ4v) is 0.687. The van der Waals surface area contributed by atoms with Gasteiger partial charge in [0.1, 0.15) is 5.65 Å². The number of rotatable bonds is 9. The molecule has 0 amide bonds. The van der Waals surface area contributed by atoms with E-state index in [4.69, 9.17) is 9.82 Å². The molecule has 0 rings (SSSR count). The summed E-state index contributed by atoms with van der Waals surface area (Å²) in [6.45, 7) is 8.65. The quantitative estimate of drug-likeness (QED) is 0.366. The maximum Gasteiger partial charge on any atom is 0.212 e. The third kappa shape index (κ3) is 18.3. The van der Waals surface area contributed by atoms with Gasteiger partial charge in [0.2, 0.25) is 1.43 Å². The maximum atomic E-state index is 10.5. The Hall–Kier alpha value is -2.04. The average molecular weight is 399 g/mol. The molecule has 0 aliphatic rings. The SMILES string of the molecule is [2HH].[2HH].[2HH].[2HH].[2H]N([2H])[C@H](C(=O)[O-])C(C)C.[2H]N[2H].[2H]OC(C)(C(C)=O)C(=O)[O-].[2H][C@H](C(C)C)[C@@H]([2H])C(=O)[O-]. The van der Waals surface area contributed by atoms with Crippen LogP contribution in [0.4, 0.5) is 0 Å². The highest BCUT2D eigenvalue weighted by Crippen LogP contribution is 2.01. The number of carbonyl (C=O) groups is 4. The summed E-state index contributed by atoms with van der Waals surface area (Å²) < 4.78 is 44.9. The Morgan fingerprint density at radius 1 is 1.31 bits per heavy atom. The molecule has 0 aromatic carbocycles. The third-order valence-electron chi connectivity index (χ3n) is 2.55. The van der Waals surface area contributed by atoms with Crippen LogP contribution in [0.3, 0.4) is 0 Å². The molecular weight excluding hydrogens is 348 g/mol. The molecule has 0 aromatic heterocycles. The summed E-state index contributed by atoms with van der Waals surface area (Å²) in [6.07, 6.45) is -1.05. The molecule has 10 nitrogen and oxygen atoms in total. The summed E-state index contributed by atoms with van der Waals surface area (Å²) in [5.74, 6) is -5.69. The van der Waals surface area contributed by atoms with Gasteiger partial charge < -0.3 is 46.7 Å². The predicted molar refractivity (Wildman–Crippen MR) is 96.7 cm³/mol. The zero-order valence-corrected chi connectivity index (χ0v) is 15.6. The number of carboxylic acid groups (broad SMARTS) is 3. The van der Waals surface area contributed by atoms with Crippen LogP contribution in [0.2, 0.25) is 5.65 Å². The Balaban J connectivity index is -0.0000000512. The van der Waals surface area contributed by atoms with Crippen LogP contribution in [0.25, 0.3) is 0 Å². The van der Waals surface area contributed by atoms with E-state index in [2.05, 4.69) is 5.11 Å². The molecule has 164 valence electrons. The molecular formula is C16H39N2O8-3. The highest BCUT2D eigenvalue weighted by Gasteiger charge is 2.27. The zero-order chi connectivity index (χ0) is 27.7. The van der Waals surface area contributed by atoms with Crippen molar-refractivity contribution in [2.24, 2.45) is 17.6 Å². The summed E-state index contributed by atoms with van der Waals surface area (Å²) in [5, 5.41) is 34.0. The van der Waals surface area contributed by atoms with Crippen molar-refractivity contribution in [3.63, 3.8) is 0 Å². The van der Waals surface area contributed by atoms with Crippen LogP contribution in [0, 0.1) is 11.8 Å². The normalized spacial score (nSPS) is 19.0. The van der Waals surface area contributed by atoms with Crippen molar-refractivity contribution in [2.45, 2.75) is 66.0 Å². The number of carbonyl (C=O) groups excluding carboxylic acids is 4. The van der Waals surface area contributed by atoms with Gasteiger partial charge in [0, 0.05) is 20.5 Å². The Morgan fingerprint density at radius 2 is 1.77 bits per heavy atom. The fraction of sp³-hybridized carbons (Fsp3) is 0.750. The van der Waals surface area contributed by atoms with E-state index >= 15 is 0 Å². The minimum absolute atomic E-state index is 0. The zero-order valence-electron chi connectivity index (χ0n) is 22.6. The van der Waals surface area contributed by atoms with Crippen molar-refractivity contribution in [1.82, 2.24) is 6.14 Å². The lowest BCUT2D eigenvalue weighted by atomic mass is 10.0. The third-order valence-corrected chi connectivity index (χ3v) is 2.55. The van der Waals surface area contributed by atoms with E-state index in [1.165, 1.54) is 6.14 Å². The lowest BCUT2D eigenvalue weighted by molar-refractivity contribution is -0.320. The molecule has 26 heavy (non-hydrogen) atoms. The van der Waals surface area contributed by atoms with Crippen LogP contribution < -0.4 is 27.2 Å². The number of aliphatic carboxylic acids is 3. The first-order chi connectivity index (χ1) is 14.8. The van der Waals surface area contributed by atoms with Gasteiger partial charge >= 0.3 is 0 Å². The molecule has 0 saturated heterocycles. The van der Waals surface area contributed by atoms with Crippen molar-refractivity contribution in [2.75, 3.05) is 0 Å². The van der Waals surface area contributed by atoms with Crippen LogP contribution in [0.15, 0.2) is 0 Å². The first kappa shape index (κ1) is 17.4. The number of hydrogen-bond donors (Lipinski definition) is 3. The predicted octanol–water partition coefficient (Wildman–Crippen LogP) is -1.89. The number of nitrogens with two attached hydrogens (primary N) is 1. The molecule has 0 aliphatic heterocycles. The fourth-order valence-electron chi connectivity index (χ4n) is 0.687. The molecule has 0 fully saturated rings. The molecule has 0 spiro atoms. The summed E-state index contributed by atoms with van der Waals surface area (Å²) in [6, 6.07) is -1.14. The second-order valence-electron chi connectivity index (χ2n) is 5.81. The summed E-state index contributed by atoms with van der Waals surface area (Å²) in [4.78, 5) is 40.8. The summed E-state index contributed by atoms with van der Waals surface area (Å²) in [7, 11) is 0. The molecule has 0 saturated carbocycles. The van der Waals surface area contributed by atoms with E-state index < -0.39 is 48.1 Å². The topological polar surface area (TPSA) is 219 Å². The van der Waals surface area contributed by atoms with E-state index in [9.17, 15) is 34.5 Å². The first-order valence-corrected chi connectivity index (χ1v) is 7.28. The number of aliphatic hydroxyl groups is 1. The van der Waals surface area contributed by atoms with E-state index in [1.807, 2.05) is 0 Å². The number of carboxylic acids is 3. The highest BCUT2D eigenvalue weighted by molar-refractivity contribution is 6.03. The monoisotopic (exact) mass is 398 g/mol. The van der Waals surface area contributed by atoms with E-state index in [0.29, 0.717) is 0 Å². The van der Waals surface area contributed by atoms with Crippen LogP contribution in [0.5, 0.6) is 0 Å². The summed E-state index contributed by atoms with van der Waals surface area (Å²) >= 11 is 0. The van der Waals surface area contributed by atoms with Gasteiger partial charge in [-0.3, -0.25) is 4.79 Å². The smallest absolute Gasteiger partial charge is 0.212 e. The molecule has 1 unspecified atom stereocenters. The second-order valence-corrected chi connectivity index (χ2v) is 5.81. The Morgan fingerprint density at radius 3 is 1.81 bits per heavy atom. The standard InChI is InChI=1S/C6H12O2.C5H11NO2.C5H8O4.H3N.4H2/c1-5(2)3-4-6(7)8;1-3(2)4(6)5(7)8;1-3(6)5(2,9)4(7)8;;;;;/h5H,3-4H2,1-2H3,(H,7,8);3-4H,6H2,1-2H3,(H,7,8);9H,1-2H3,(H,7,8);1H3;4*1H/p-3/t;4-;;;;;;/m.0....../s1/i3D,4D;;9D;;4*1+1/hD4/t3-,4+;m;;;;;;/m00....../s1. The first-order valence-electron chi connectivity index (χ1n) is 10.7. The average Bonchev–Trinajstić information content (AvgIpc) is 2.66.